The second-order valence-electron chi connectivity index (χ2n) is 10.7. The van der Waals surface area contributed by atoms with Crippen molar-refractivity contribution in [2.24, 2.45) is 0 Å². The quantitative estimate of drug-likeness (QED) is 0.259. The van der Waals surface area contributed by atoms with Crippen molar-refractivity contribution in [1.29, 1.82) is 0 Å². The van der Waals surface area contributed by atoms with Gasteiger partial charge in [0.25, 0.3) is 0 Å². The van der Waals surface area contributed by atoms with Crippen LogP contribution in [0.5, 0.6) is 0 Å². The van der Waals surface area contributed by atoms with E-state index in [-0.39, 0.29) is 11.7 Å². The van der Waals surface area contributed by atoms with Gasteiger partial charge in [0.05, 0.1) is 31.1 Å². The number of benzene rings is 1. The smallest absolute Gasteiger partial charge is 0.236 e. The van der Waals surface area contributed by atoms with Crippen LogP contribution in [0, 0.1) is 12.7 Å². The van der Waals surface area contributed by atoms with Crippen LogP contribution in [0.4, 0.5) is 15.3 Å². The van der Waals surface area contributed by atoms with Gasteiger partial charge >= 0.3 is 0 Å². The summed E-state index contributed by atoms with van der Waals surface area (Å²) in [5.74, 6) is 1.53. The molecular weight excluding hydrogens is 560 g/mol. The third-order valence-electron chi connectivity index (χ3n) is 8.14. The number of imidazole rings is 1. The van der Waals surface area contributed by atoms with Gasteiger partial charge in [-0.25, -0.2) is 14.4 Å². The molecule has 41 heavy (non-hydrogen) atoms. The number of carbonyl (C=O) groups is 1. The fourth-order valence-electron chi connectivity index (χ4n) is 5.84. The number of nitrogens with zero attached hydrogens (tertiary/aromatic N) is 6. The maximum absolute atomic E-state index is 13.5. The van der Waals surface area contributed by atoms with Gasteiger partial charge in [0, 0.05) is 41.1 Å². The first kappa shape index (κ1) is 28.3. The van der Waals surface area contributed by atoms with E-state index < -0.39 is 0 Å². The number of halogens is 1. The predicted octanol–water partition coefficient (Wildman–Crippen LogP) is 5.73. The molecule has 0 unspecified atom stereocenters. The van der Waals surface area contributed by atoms with Crippen molar-refractivity contribution in [3.05, 3.63) is 51.7 Å². The highest BCUT2D eigenvalue weighted by Crippen LogP contribution is 2.40. The summed E-state index contributed by atoms with van der Waals surface area (Å²) in [5.41, 5.74) is 2.89. The van der Waals surface area contributed by atoms with E-state index in [2.05, 4.69) is 41.2 Å². The highest BCUT2D eigenvalue weighted by atomic mass is 32.1. The van der Waals surface area contributed by atoms with Crippen molar-refractivity contribution in [1.82, 2.24) is 24.2 Å². The van der Waals surface area contributed by atoms with Crippen LogP contribution in [0.1, 0.15) is 48.1 Å². The molecule has 2 aliphatic heterocycles. The molecule has 0 aliphatic carbocycles. The minimum atomic E-state index is -0.244. The number of aromatic nitrogens is 3. The lowest BCUT2D eigenvalue weighted by Crippen LogP contribution is -2.47. The summed E-state index contributed by atoms with van der Waals surface area (Å²) in [6.45, 7) is 12.2. The van der Waals surface area contributed by atoms with Crippen LogP contribution in [0.3, 0.4) is 0 Å². The van der Waals surface area contributed by atoms with Gasteiger partial charge in [0.2, 0.25) is 5.91 Å². The minimum absolute atomic E-state index is 0.220. The number of piperidine rings is 1. The Morgan fingerprint density at radius 3 is 2.49 bits per heavy atom. The lowest BCUT2D eigenvalue weighted by molar-refractivity contribution is -0.136. The molecule has 218 valence electrons. The van der Waals surface area contributed by atoms with Gasteiger partial charge < -0.3 is 14.5 Å². The van der Waals surface area contributed by atoms with Crippen molar-refractivity contribution in [3.63, 3.8) is 0 Å². The number of rotatable bonds is 8. The number of thiazole rings is 2. The van der Waals surface area contributed by atoms with Crippen LogP contribution in [0.25, 0.3) is 16.2 Å². The molecule has 0 N–H and O–H groups in total. The number of anilines is 2. The number of carbonyl (C=O) groups excluding carboxylic acids is 1. The van der Waals surface area contributed by atoms with E-state index in [0.29, 0.717) is 38.8 Å². The fourth-order valence-corrected chi connectivity index (χ4v) is 8.00. The Morgan fingerprint density at radius 1 is 1.07 bits per heavy atom. The lowest BCUT2D eigenvalue weighted by atomic mass is 9.96. The topological polar surface area (TPSA) is 66.2 Å². The Kier molecular flexibility index (Phi) is 8.39. The van der Waals surface area contributed by atoms with Crippen molar-refractivity contribution < 1.29 is 13.9 Å². The molecule has 1 aromatic carbocycles. The van der Waals surface area contributed by atoms with Gasteiger partial charge in [-0.3, -0.25) is 14.1 Å². The van der Waals surface area contributed by atoms with Crippen LogP contribution in [-0.2, 0) is 16.0 Å². The van der Waals surface area contributed by atoms with E-state index in [0.717, 1.165) is 76.6 Å². The van der Waals surface area contributed by atoms with Gasteiger partial charge in [-0.2, -0.15) is 0 Å². The van der Waals surface area contributed by atoms with E-state index >= 15 is 0 Å². The molecule has 0 atom stereocenters. The van der Waals surface area contributed by atoms with Crippen LogP contribution < -0.4 is 4.90 Å². The number of ether oxygens (including phenoxy) is 1. The maximum Gasteiger partial charge on any atom is 0.236 e. The van der Waals surface area contributed by atoms with Crippen LogP contribution >= 0.6 is 22.7 Å². The zero-order valence-electron chi connectivity index (χ0n) is 23.9. The van der Waals surface area contributed by atoms with Gasteiger partial charge in [0.1, 0.15) is 11.6 Å². The molecule has 2 fully saturated rings. The normalized spacial score (nSPS) is 17.0. The molecule has 1 amide bonds. The van der Waals surface area contributed by atoms with Crippen molar-refractivity contribution >= 4 is 44.5 Å². The number of morpholine rings is 1. The van der Waals surface area contributed by atoms with E-state index in [1.807, 2.05) is 4.90 Å². The summed E-state index contributed by atoms with van der Waals surface area (Å²) < 4.78 is 21.2. The van der Waals surface area contributed by atoms with E-state index in [1.54, 1.807) is 34.8 Å². The van der Waals surface area contributed by atoms with Gasteiger partial charge in [-0.1, -0.05) is 6.92 Å². The number of aryl methyl sites for hydroxylation is 2. The highest BCUT2D eigenvalue weighted by Gasteiger charge is 2.28. The zero-order valence-corrected chi connectivity index (χ0v) is 25.6. The standard InChI is InChI=1S/C30H37FN6O2S2/c1-4-24-28(36(5-2)30-33-27(20(3)40-30)22-6-8-23(31)9-7-22)37-18-25(41-29(37)32-24)21-10-12-34(13-11-21)19-26(38)35-14-16-39-17-15-35/h6-9,18,21H,4-5,10-17,19H2,1-3H3. The second-order valence-corrected chi connectivity index (χ2v) is 12.9. The van der Waals surface area contributed by atoms with Crippen LogP contribution in [0.15, 0.2) is 30.5 Å². The Morgan fingerprint density at radius 2 is 1.80 bits per heavy atom. The molecule has 3 aromatic heterocycles. The van der Waals surface area contributed by atoms with Crippen molar-refractivity contribution in [2.75, 3.05) is 57.4 Å². The predicted molar refractivity (Wildman–Crippen MR) is 163 cm³/mol. The molecule has 2 aliphatic rings. The second kappa shape index (κ2) is 12.2. The van der Waals surface area contributed by atoms with Crippen molar-refractivity contribution in [2.45, 2.75) is 46.0 Å². The average molecular weight is 597 g/mol. The molecule has 5 heterocycles. The molecule has 11 heteroatoms. The highest BCUT2D eigenvalue weighted by molar-refractivity contribution is 7.17. The van der Waals surface area contributed by atoms with Crippen molar-refractivity contribution in [3.8, 4) is 11.3 Å². The summed E-state index contributed by atoms with van der Waals surface area (Å²) >= 11 is 3.45. The Bertz CT molecular complexity index is 1500. The Hall–Kier alpha value is -2.86. The molecule has 8 nitrogen and oxygen atoms in total. The minimum Gasteiger partial charge on any atom is -0.378 e. The number of hydrogen-bond donors (Lipinski definition) is 0. The van der Waals surface area contributed by atoms with Gasteiger partial charge in [-0.15, -0.1) is 22.7 Å². The summed E-state index contributed by atoms with van der Waals surface area (Å²) in [4.78, 5) is 32.8. The zero-order chi connectivity index (χ0) is 28.5. The first-order valence-corrected chi connectivity index (χ1v) is 16.2. The SMILES string of the molecule is CCc1nc2sc(C3CCN(CC(=O)N4CCOCC4)CC3)cn2c1N(CC)c1nc(-c2ccc(F)cc2)c(C)s1. The molecule has 0 bridgehead atoms. The molecule has 0 saturated carbocycles. The molecule has 0 radical (unpaired) electrons. The lowest BCUT2D eigenvalue weighted by Gasteiger charge is -2.33. The Labute approximate surface area is 248 Å². The molecule has 4 aromatic rings. The average Bonchev–Trinajstić information content (AvgIpc) is 3.68. The monoisotopic (exact) mass is 596 g/mol. The largest absolute Gasteiger partial charge is 0.378 e. The molecular formula is C30H37FN6O2S2. The fraction of sp³-hybridized carbons (Fsp3) is 0.500. The van der Waals surface area contributed by atoms with Crippen LogP contribution in [0.2, 0.25) is 0 Å². The van der Waals surface area contributed by atoms with E-state index in [1.165, 1.54) is 17.0 Å². The summed E-state index contributed by atoms with van der Waals surface area (Å²) in [6.07, 6.45) is 5.20. The van der Waals surface area contributed by atoms with E-state index in [4.69, 9.17) is 14.7 Å². The number of hydrogen-bond acceptors (Lipinski definition) is 8. The maximum atomic E-state index is 13.5. The summed E-state index contributed by atoms with van der Waals surface area (Å²) in [7, 11) is 0. The number of amides is 1. The number of fused-ring (bicyclic) bond motifs is 1. The van der Waals surface area contributed by atoms with Crippen LogP contribution in [-0.4, -0.2) is 82.6 Å². The van der Waals surface area contributed by atoms with Gasteiger partial charge in [0.15, 0.2) is 10.1 Å². The molecule has 6 rings (SSSR count). The molecule has 2 saturated heterocycles. The first-order valence-electron chi connectivity index (χ1n) is 14.5. The summed E-state index contributed by atoms with van der Waals surface area (Å²) in [6, 6.07) is 6.56. The third kappa shape index (κ3) is 5.77. The van der Waals surface area contributed by atoms with Gasteiger partial charge in [-0.05, 0) is 76.4 Å². The number of likely N-dealkylation sites (tertiary alicyclic amines) is 1. The van der Waals surface area contributed by atoms with E-state index in [9.17, 15) is 9.18 Å². The third-order valence-corrected chi connectivity index (χ3v) is 10.3. The first-order chi connectivity index (χ1) is 19.9. The Balaban J connectivity index is 1.20. The summed E-state index contributed by atoms with van der Waals surface area (Å²) in [5, 5.41) is 0.923. The molecule has 0 spiro atoms.